The van der Waals surface area contributed by atoms with Crippen LogP contribution in [0.15, 0.2) is 30.3 Å². The lowest BCUT2D eigenvalue weighted by Gasteiger charge is -2.07. The standard InChI is InChI=1S/C13H14O5/c14-12(11-9-17-13(15)18-11)16-8-4-7-10-5-2-1-3-6-10/h1-3,5-6,11H,4,7-9H2. The van der Waals surface area contributed by atoms with E-state index in [1.54, 1.807) is 0 Å². The molecule has 0 aromatic heterocycles. The van der Waals surface area contributed by atoms with Crippen molar-refractivity contribution < 1.29 is 23.8 Å². The lowest BCUT2D eigenvalue weighted by atomic mass is 10.1. The van der Waals surface area contributed by atoms with Crippen molar-refractivity contribution in [2.45, 2.75) is 18.9 Å². The lowest BCUT2D eigenvalue weighted by Crippen LogP contribution is -2.25. The van der Waals surface area contributed by atoms with Gasteiger partial charge < -0.3 is 14.2 Å². The molecule has 1 aliphatic heterocycles. The van der Waals surface area contributed by atoms with Crippen molar-refractivity contribution in [2.75, 3.05) is 13.2 Å². The summed E-state index contributed by atoms with van der Waals surface area (Å²) in [5, 5.41) is 0. The van der Waals surface area contributed by atoms with E-state index in [1.165, 1.54) is 5.56 Å². The van der Waals surface area contributed by atoms with E-state index in [0.717, 1.165) is 12.8 Å². The molecule has 96 valence electrons. The summed E-state index contributed by atoms with van der Waals surface area (Å²) in [7, 11) is 0. The van der Waals surface area contributed by atoms with Gasteiger partial charge in [0.15, 0.2) is 0 Å². The van der Waals surface area contributed by atoms with Gasteiger partial charge in [-0.15, -0.1) is 0 Å². The maximum Gasteiger partial charge on any atom is 0.509 e. The number of carbonyl (C=O) groups excluding carboxylic acids is 2. The van der Waals surface area contributed by atoms with E-state index >= 15 is 0 Å². The number of esters is 1. The Hall–Kier alpha value is -2.04. The van der Waals surface area contributed by atoms with Crippen molar-refractivity contribution in [1.82, 2.24) is 0 Å². The number of cyclic esters (lactones) is 2. The van der Waals surface area contributed by atoms with Crippen molar-refractivity contribution in [3.63, 3.8) is 0 Å². The van der Waals surface area contributed by atoms with Gasteiger partial charge in [0, 0.05) is 0 Å². The van der Waals surface area contributed by atoms with Crippen LogP contribution in [-0.4, -0.2) is 31.4 Å². The number of aryl methyl sites for hydroxylation is 1. The summed E-state index contributed by atoms with van der Waals surface area (Å²) in [4.78, 5) is 22.0. The van der Waals surface area contributed by atoms with Crippen molar-refractivity contribution in [2.24, 2.45) is 0 Å². The Morgan fingerprint density at radius 2 is 2.11 bits per heavy atom. The number of carbonyl (C=O) groups is 2. The van der Waals surface area contributed by atoms with Gasteiger partial charge in [0.1, 0.15) is 6.61 Å². The highest BCUT2D eigenvalue weighted by Crippen LogP contribution is 2.08. The van der Waals surface area contributed by atoms with E-state index in [-0.39, 0.29) is 6.61 Å². The van der Waals surface area contributed by atoms with E-state index in [4.69, 9.17) is 4.74 Å². The van der Waals surface area contributed by atoms with Gasteiger partial charge in [-0.25, -0.2) is 9.59 Å². The number of ether oxygens (including phenoxy) is 3. The fraction of sp³-hybridized carbons (Fsp3) is 0.385. The predicted molar refractivity (Wildman–Crippen MR) is 61.9 cm³/mol. The van der Waals surface area contributed by atoms with Crippen LogP contribution in [0.2, 0.25) is 0 Å². The Bertz CT molecular complexity index is 415. The zero-order valence-corrected chi connectivity index (χ0v) is 9.83. The number of rotatable bonds is 5. The molecule has 1 unspecified atom stereocenters. The van der Waals surface area contributed by atoms with E-state index in [9.17, 15) is 9.59 Å². The maximum absolute atomic E-state index is 11.4. The Morgan fingerprint density at radius 1 is 1.33 bits per heavy atom. The fourth-order valence-electron chi connectivity index (χ4n) is 1.63. The molecule has 0 N–H and O–H groups in total. The second-order valence-corrected chi connectivity index (χ2v) is 3.92. The normalized spacial score (nSPS) is 18.0. The highest BCUT2D eigenvalue weighted by molar-refractivity contribution is 5.79. The summed E-state index contributed by atoms with van der Waals surface area (Å²) in [6.45, 7) is 0.248. The first-order valence-electron chi connectivity index (χ1n) is 5.79. The Morgan fingerprint density at radius 3 is 2.78 bits per heavy atom. The van der Waals surface area contributed by atoms with E-state index < -0.39 is 18.2 Å². The van der Waals surface area contributed by atoms with Gasteiger partial charge in [-0.2, -0.15) is 0 Å². The third kappa shape index (κ3) is 3.48. The molecule has 0 saturated carbocycles. The van der Waals surface area contributed by atoms with Gasteiger partial charge in [-0.3, -0.25) is 0 Å². The molecule has 0 radical (unpaired) electrons. The van der Waals surface area contributed by atoms with E-state index in [1.807, 2.05) is 30.3 Å². The second kappa shape index (κ2) is 6.05. The first-order chi connectivity index (χ1) is 8.75. The molecule has 1 aromatic carbocycles. The molecular formula is C13H14O5. The summed E-state index contributed by atoms with van der Waals surface area (Å²) in [6, 6.07) is 9.94. The summed E-state index contributed by atoms with van der Waals surface area (Å²) >= 11 is 0. The van der Waals surface area contributed by atoms with Crippen LogP contribution in [0.25, 0.3) is 0 Å². The van der Waals surface area contributed by atoms with Gasteiger partial charge in [-0.1, -0.05) is 30.3 Å². The zero-order chi connectivity index (χ0) is 12.8. The third-order valence-corrected chi connectivity index (χ3v) is 2.55. The van der Waals surface area contributed by atoms with Crippen LogP contribution < -0.4 is 0 Å². The van der Waals surface area contributed by atoms with Crippen LogP contribution in [0.1, 0.15) is 12.0 Å². The van der Waals surface area contributed by atoms with Crippen molar-refractivity contribution >= 4 is 12.1 Å². The molecule has 1 atom stereocenters. The van der Waals surface area contributed by atoms with Gasteiger partial charge in [0.2, 0.25) is 6.10 Å². The van der Waals surface area contributed by atoms with Crippen LogP contribution in [0.3, 0.4) is 0 Å². The van der Waals surface area contributed by atoms with Crippen LogP contribution in [-0.2, 0) is 25.4 Å². The van der Waals surface area contributed by atoms with Crippen molar-refractivity contribution in [3.8, 4) is 0 Å². The van der Waals surface area contributed by atoms with Gasteiger partial charge in [-0.05, 0) is 18.4 Å². The average molecular weight is 250 g/mol. The highest BCUT2D eigenvalue weighted by Gasteiger charge is 2.32. The third-order valence-electron chi connectivity index (χ3n) is 2.55. The van der Waals surface area contributed by atoms with Crippen LogP contribution in [0, 0.1) is 0 Å². The van der Waals surface area contributed by atoms with E-state index in [0.29, 0.717) is 6.61 Å². The summed E-state index contributed by atoms with van der Waals surface area (Å²) < 4.78 is 14.1. The largest absolute Gasteiger partial charge is 0.509 e. The first-order valence-corrected chi connectivity index (χ1v) is 5.79. The molecule has 1 saturated heterocycles. The number of hydrogen-bond acceptors (Lipinski definition) is 5. The summed E-state index contributed by atoms with van der Waals surface area (Å²) in [5.74, 6) is -0.547. The molecule has 0 aliphatic carbocycles. The average Bonchev–Trinajstić information content (AvgIpc) is 2.82. The van der Waals surface area contributed by atoms with Crippen LogP contribution in [0.4, 0.5) is 4.79 Å². The number of hydrogen-bond donors (Lipinski definition) is 0. The molecule has 2 rings (SSSR count). The molecule has 18 heavy (non-hydrogen) atoms. The lowest BCUT2D eigenvalue weighted by molar-refractivity contribution is -0.151. The summed E-state index contributed by atoms with van der Waals surface area (Å²) in [6.07, 6.45) is -0.151. The highest BCUT2D eigenvalue weighted by atomic mass is 16.8. The Kier molecular flexibility index (Phi) is 4.17. The topological polar surface area (TPSA) is 61.8 Å². The molecule has 0 spiro atoms. The minimum absolute atomic E-state index is 0.0592. The quantitative estimate of drug-likeness (QED) is 0.588. The summed E-state index contributed by atoms with van der Waals surface area (Å²) in [5.41, 5.74) is 1.20. The minimum Gasteiger partial charge on any atom is -0.463 e. The monoisotopic (exact) mass is 250 g/mol. The van der Waals surface area contributed by atoms with Crippen molar-refractivity contribution in [1.29, 1.82) is 0 Å². The molecule has 0 bridgehead atoms. The molecule has 1 heterocycles. The van der Waals surface area contributed by atoms with Crippen LogP contribution >= 0.6 is 0 Å². The molecule has 0 amide bonds. The minimum atomic E-state index is -0.908. The molecule has 5 heteroatoms. The van der Waals surface area contributed by atoms with Gasteiger partial charge in [0.05, 0.1) is 6.61 Å². The molecule has 5 nitrogen and oxygen atoms in total. The fourth-order valence-corrected chi connectivity index (χ4v) is 1.63. The van der Waals surface area contributed by atoms with Crippen molar-refractivity contribution in [3.05, 3.63) is 35.9 Å². The molecular weight excluding hydrogens is 236 g/mol. The Balaban J connectivity index is 1.63. The van der Waals surface area contributed by atoms with Crippen LogP contribution in [0.5, 0.6) is 0 Å². The number of benzene rings is 1. The smallest absolute Gasteiger partial charge is 0.463 e. The first kappa shape index (κ1) is 12.4. The maximum atomic E-state index is 11.4. The Labute approximate surface area is 105 Å². The SMILES string of the molecule is O=C1OCC(C(=O)OCCCc2ccccc2)O1. The molecule has 1 aromatic rings. The predicted octanol–water partition coefficient (Wildman–Crippen LogP) is 1.70. The second-order valence-electron chi connectivity index (χ2n) is 3.92. The molecule has 1 fully saturated rings. The van der Waals surface area contributed by atoms with Gasteiger partial charge >= 0.3 is 12.1 Å². The molecule has 1 aliphatic rings. The zero-order valence-electron chi connectivity index (χ0n) is 9.83. The van der Waals surface area contributed by atoms with Gasteiger partial charge in [0.25, 0.3) is 0 Å². The van der Waals surface area contributed by atoms with E-state index in [2.05, 4.69) is 9.47 Å².